The highest BCUT2D eigenvalue weighted by molar-refractivity contribution is 5.70. The average Bonchev–Trinajstić information content (AvgIpc) is 2.55. The van der Waals surface area contributed by atoms with E-state index in [1.807, 2.05) is 0 Å². The topological polar surface area (TPSA) is 59.0 Å². The molecular weight excluding hydrogens is 191 g/mol. The molecule has 1 rings (SSSR count). The Bertz CT molecular complexity index is 225. The molecule has 0 aliphatic carbocycles. The number of halogens is 1. The van der Waals surface area contributed by atoms with Gasteiger partial charge in [0, 0.05) is 0 Å². The number of nitroso groups, excluding NO2 is 1. The summed E-state index contributed by atoms with van der Waals surface area (Å²) in [6.07, 6.45) is -0.415. The van der Waals surface area contributed by atoms with Crippen molar-refractivity contribution in [2.24, 2.45) is 5.18 Å². The molecule has 0 aromatic carbocycles. The number of alkyl halides is 1. The molecule has 80 valence electrons. The molecule has 1 aliphatic heterocycles. The van der Waals surface area contributed by atoms with Crippen LogP contribution in [0.3, 0.4) is 0 Å². The van der Waals surface area contributed by atoms with Crippen LogP contribution in [0.2, 0.25) is 0 Å². The fraction of sp³-hybridized carbons (Fsp3) is 0.875. The van der Waals surface area contributed by atoms with E-state index in [0.717, 1.165) is 0 Å². The Morgan fingerprint density at radius 2 is 2.50 bits per heavy atom. The summed E-state index contributed by atoms with van der Waals surface area (Å²) in [5, 5.41) is 2.76. The molecule has 0 spiro atoms. The van der Waals surface area contributed by atoms with E-state index in [9.17, 15) is 14.1 Å². The first-order chi connectivity index (χ1) is 6.70. The van der Waals surface area contributed by atoms with E-state index in [4.69, 9.17) is 4.74 Å². The number of ether oxygens (including phenoxy) is 1. The lowest BCUT2D eigenvalue weighted by atomic mass is 10.1. The van der Waals surface area contributed by atoms with E-state index in [2.05, 4.69) is 5.18 Å². The highest BCUT2D eigenvalue weighted by Crippen LogP contribution is 2.20. The number of carbonyl (C=O) groups is 1. The van der Waals surface area contributed by atoms with E-state index >= 15 is 0 Å². The summed E-state index contributed by atoms with van der Waals surface area (Å²) < 4.78 is 16.7. The molecule has 1 aliphatic rings. The van der Waals surface area contributed by atoms with Crippen LogP contribution in [-0.4, -0.2) is 36.5 Å². The first kappa shape index (κ1) is 10.9. The SMILES string of the molecule is CC(N=O)N1C(=O)OCC1CCCF. The lowest BCUT2D eigenvalue weighted by molar-refractivity contribution is 0.147. The van der Waals surface area contributed by atoms with Gasteiger partial charge in [-0.15, -0.1) is 4.91 Å². The predicted octanol–water partition coefficient (Wildman–Crippen LogP) is 1.67. The summed E-state index contributed by atoms with van der Waals surface area (Å²) in [5.41, 5.74) is 0. The van der Waals surface area contributed by atoms with Crippen LogP contribution in [0.4, 0.5) is 9.18 Å². The van der Waals surface area contributed by atoms with Gasteiger partial charge in [-0.3, -0.25) is 9.29 Å². The van der Waals surface area contributed by atoms with Gasteiger partial charge in [0.2, 0.25) is 0 Å². The standard InChI is InChI=1S/C8H13FN2O3/c1-6(10-13)11-7(3-2-4-9)5-14-8(11)12/h6-7H,2-5H2,1H3. The van der Waals surface area contributed by atoms with Gasteiger partial charge in [0.05, 0.1) is 12.7 Å². The van der Waals surface area contributed by atoms with Gasteiger partial charge in [-0.1, -0.05) is 0 Å². The smallest absolute Gasteiger partial charge is 0.412 e. The maximum Gasteiger partial charge on any atom is 0.412 e. The second-order valence-corrected chi connectivity index (χ2v) is 3.21. The first-order valence-corrected chi connectivity index (χ1v) is 4.54. The molecule has 1 saturated heterocycles. The van der Waals surface area contributed by atoms with Crippen molar-refractivity contribution in [1.29, 1.82) is 0 Å². The number of nitrogens with zero attached hydrogens (tertiary/aromatic N) is 2. The molecule has 0 aromatic rings. The van der Waals surface area contributed by atoms with Crippen molar-refractivity contribution in [2.45, 2.75) is 32.0 Å². The van der Waals surface area contributed by atoms with Gasteiger partial charge in [0.15, 0.2) is 6.17 Å². The quantitative estimate of drug-likeness (QED) is 0.640. The van der Waals surface area contributed by atoms with Gasteiger partial charge in [-0.25, -0.2) is 4.79 Å². The van der Waals surface area contributed by atoms with Crippen LogP contribution >= 0.6 is 0 Å². The molecule has 0 N–H and O–H groups in total. The van der Waals surface area contributed by atoms with Gasteiger partial charge in [-0.2, -0.15) is 0 Å². The van der Waals surface area contributed by atoms with Crippen molar-refractivity contribution >= 4 is 6.09 Å². The molecule has 0 bridgehead atoms. The third kappa shape index (κ3) is 2.18. The summed E-state index contributed by atoms with van der Waals surface area (Å²) in [5.74, 6) is 0. The minimum atomic E-state index is -0.741. The van der Waals surface area contributed by atoms with Crippen LogP contribution in [-0.2, 0) is 4.74 Å². The Morgan fingerprint density at radius 1 is 1.79 bits per heavy atom. The van der Waals surface area contributed by atoms with Crippen molar-refractivity contribution < 1.29 is 13.9 Å². The maximum atomic E-state index is 11.9. The molecule has 1 fully saturated rings. The number of hydrogen-bond donors (Lipinski definition) is 0. The largest absolute Gasteiger partial charge is 0.447 e. The summed E-state index contributed by atoms with van der Waals surface area (Å²) in [6.45, 7) is 1.31. The normalized spacial score (nSPS) is 23.4. The van der Waals surface area contributed by atoms with Crippen LogP contribution in [0.5, 0.6) is 0 Å². The van der Waals surface area contributed by atoms with Crippen LogP contribution in [0, 0.1) is 4.91 Å². The Kier molecular flexibility index (Phi) is 3.79. The van der Waals surface area contributed by atoms with Crippen molar-refractivity contribution in [2.75, 3.05) is 13.3 Å². The minimum absolute atomic E-state index is 0.217. The van der Waals surface area contributed by atoms with E-state index in [0.29, 0.717) is 12.8 Å². The molecule has 0 aromatic heterocycles. The number of rotatable bonds is 5. The molecule has 1 amide bonds. The van der Waals surface area contributed by atoms with Gasteiger partial charge < -0.3 is 4.74 Å². The number of amides is 1. The highest BCUT2D eigenvalue weighted by atomic mass is 19.1. The third-order valence-corrected chi connectivity index (χ3v) is 2.23. The molecule has 14 heavy (non-hydrogen) atoms. The predicted molar refractivity (Wildman–Crippen MR) is 47.4 cm³/mol. The number of hydrogen-bond acceptors (Lipinski definition) is 4. The van der Waals surface area contributed by atoms with Crippen molar-refractivity contribution in [3.05, 3.63) is 4.91 Å². The summed E-state index contributed by atoms with van der Waals surface area (Å²) in [4.78, 5) is 22.7. The van der Waals surface area contributed by atoms with Gasteiger partial charge in [0.1, 0.15) is 6.61 Å². The Labute approximate surface area is 81.2 Å². The van der Waals surface area contributed by atoms with Crippen LogP contribution in [0.15, 0.2) is 5.18 Å². The zero-order valence-corrected chi connectivity index (χ0v) is 7.98. The van der Waals surface area contributed by atoms with Crippen molar-refractivity contribution in [1.82, 2.24) is 4.90 Å². The monoisotopic (exact) mass is 204 g/mol. The van der Waals surface area contributed by atoms with Crippen molar-refractivity contribution in [3.8, 4) is 0 Å². The highest BCUT2D eigenvalue weighted by Gasteiger charge is 2.36. The molecule has 0 saturated carbocycles. The van der Waals surface area contributed by atoms with Crippen LogP contribution in [0.1, 0.15) is 19.8 Å². The van der Waals surface area contributed by atoms with Crippen molar-refractivity contribution in [3.63, 3.8) is 0 Å². The van der Waals surface area contributed by atoms with Gasteiger partial charge in [0.25, 0.3) is 0 Å². The van der Waals surface area contributed by atoms with Gasteiger partial charge in [-0.05, 0) is 24.9 Å². The fourth-order valence-electron chi connectivity index (χ4n) is 1.52. The Morgan fingerprint density at radius 3 is 3.07 bits per heavy atom. The minimum Gasteiger partial charge on any atom is -0.447 e. The first-order valence-electron chi connectivity index (χ1n) is 4.54. The second-order valence-electron chi connectivity index (χ2n) is 3.21. The van der Waals surface area contributed by atoms with Crippen LogP contribution in [0.25, 0.3) is 0 Å². The molecule has 5 nitrogen and oxygen atoms in total. The van der Waals surface area contributed by atoms with E-state index < -0.39 is 18.9 Å². The van der Waals surface area contributed by atoms with E-state index in [-0.39, 0.29) is 12.6 Å². The Balaban J connectivity index is 2.57. The number of cyclic esters (lactones) is 1. The van der Waals surface area contributed by atoms with E-state index in [1.165, 1.54) is 11.8 Å². The van der Waals surface area contributed by atoms with E-state index in [1.54, 1.807) is 0 Å². The summed E-state index contributed by atoms with van der Waals surface area (Å²) in [6, 6.07) is -0.217. The van der Waals surface area contributed by atoms with Gasteiger partial charge >= 0.3 is 6.09 Å². The molecule has 6 heteroatoms. The summed E-state index contributed by atoms with van der Waals surface area (Å²) >= 11 is 0. The third-order valence-electron chi connectivity index (χ3n) is 2.23. The number of carbonyl (C=O) groups excluding carboxylic acids is 1. The molecule has 1 heterocycles. The Hall–Kier alpha value is -1.20. The zero-order chi connectivity index (χ0) is 10.6. The summed E-state index contributed by atoms with van der Waals surface area (Å²) in [7, 11) is 0. The average molecular weight is 204 g/mol. The lowest BCUT2D eigenvalue weighted by Crippen LogP contribution is -2.39. The second kappa shape index (κ2) is 4.88. The molecule has 2 atom stereocenters. The fourth-order valence-corrected chi connectivity index (χ4v) is 1.52. The molecule has 0 radical (unpaired) electrons. The lowest BCUT2D eigenvalue weighted by Gasteiger charge is -2.22. The molecular formula is C8H13FN2O3. The zero-order valence-electron chi connectivity index (χ0n) is 7.98. The molecule has 2 unspecified atom stereocenters. The van der Waals surface area contributed by atoms with Crippen LogP contribution < -0.4 is 0 Å². The maximum absolute atomic E-state index is 11.9.